The minimum atomic E-state index is -1.11. The van der Waals surface area contributed by atoms with Crippen molar-refractivity contribution in [2.45, 2.75) is 52.2 Å². The highest BCUT2D eigenvalue weighted by atomic mass is 19.1. The summed E-state index contributed by atoms with van der Waals surface area (Å²) < 4.78 is 44.2. The molecule has 6 nitrogen and oxygen atoms in total. The van der Waals surface area contributed by atoms with Gasteiger partial charge >= 0.3 is 0 Å². The maximum atomic E-state index is 15.6. The summed E-state index contributed by atoms with van der Waals surface area (Å²) in [6.07, 6.45) is 3.10. The fourth-order valence-electron chi connectivity index (χ4n) is 6.02. The maximum absolute atomic E-state index is 15.6. The Morgan fingerprint density at radius 3 is 2.38 bits per heavy atom. The van der Waals surface area contributed by atoms with Crippen molar-refractivity contribution in [1.82, 2.24) is 14.7 Å². The molecule has 1 atom stereocenters. The first-order chi connectivity index (χ1) is 18.6. The van der Waals surface area contributed by atoms with Crippen molar-refractivity contribution in [3.8, 4) is 11.1 Å². The topological polar surface area (TPSA) is 73.3 Å². The lowest BCUT2D eigenvalue weighted by Gasteiger charge is -2.33. The Morgan fingerprint density at radius 2 is 1.74 bits per heavy atom. The molecule has 1 fully saturated rings. The van der Waals surface area contributed by atoms with Crippen LogP contribution in [0.1, 0.15) is 55.3 Å². The van der Waals surface area contributed by atoms with Crippen LogP contribution in [0.25, 0.3) is 33.1 Å². The minimum Gasteiger partial charge on any atom is -0.386 e. The van der Waals surface area contributed by atoms with E-state index in [2.05, 4.69) is 5.16 Å². The van der Waals surface area contributed by atoms with Gasteiger partial charge in [0.2, 0.25) is 0 Å². The summed E-state index contributed by atoms with van der Waals surface area (Å²) in [5, 5.41) is 15.8. The highest BCUT2D eigenvalue weighted by Crippen LogP contribution is 2.43. The van der Waals surface area contributed by atoms with Gasteiger partial charge in [-0.3, -0.25) is 4.98 Å². The van der Waals surface area contributed by atoms with Crippen molar-refractivity contribution in [2.24, 2.45) is 5.92 Å². The van der Waals surface area contributed by atoms with Gasteiger partial charge in [0.1, 0.15) is 17.4 Å². The number of rotatable bonds is 5. The summed E-state index contributed by atoms with van der Waals surface area (Å²) in [4.78, 5) is 4.86. The van der Waals surface area contributed by atoms with Gasteiger partial charge in [-0.15, -0.1) is 0 Å². The molecule has 4 heterocycles. The minimum absolute atomic E-state index is 0.0274. The number of fused-ring (bicyclic) bond motifs is 3. The van der Waals surface area contributed by atoms with E-state index in [4.69, 9.17) is 14.2 Å². The van der Waals surface area contributed by atoms with Crippen LogP contribution in [0, 0.1) is 31.4 Å². The number of nitrogens with zero attached hydrogens (tertiary/aromatic N) is 3. The highest BCUT2D eigenvalue weighted by Gasteiger charge is 2.34. The molecular formula is C31H31F2N3O3. The molecule has 0 amide bonds. The smallest absolute Gasteiger partial charge is 0.141 e. The van der Waals surface area contributed by atoms with Crippen molar-refractivity contribution in [3.63, 3.8) is 0 Å². The van der Waals surface area contributed by atoms with E-state index in [0.29, 0.717) is 37.4 Å². The zero-order chi connectivity index (χ0) is 27.5. The first kappa shape index (κ1) is 25.6. The number of halogens is 2. The van der Waals surface area contributed by atoms with Gasteiger partial charge in [-0.05, 0) is 76.3 Å². The predicted octanol–water partition coefficient (Wildman–Crippen LogP) is 6.98. The molecule has 0 aliphatic carbocycles. The van der Waals surface area contributed by atoms with E-state index >= 15 is 8.78 Å². The molecule has 202 valence electrons. The van der Waals surface area contributed by atoms with Gasteiger partial charge in [0.25, 0.3) is 0 Å². The lowest BCUT2D eigenvalue weighted by Crippen LogP contribution is -2.28. The quantitative estimate of drug-likeness (QED) is 0.265. The molecule has 0 radical (unpaired) electrons. The van der Waals surface area contributed by atoms with E-state index in [-0.39, 0.29) is 11.5 Å². The lowest BCUT2D eigenvalue weighted by atomic mass is 9.86. The third kappa shape index (κ3) is 4.32. The highest BCUT2D eigenvalue weighted by molar-refractivity contribution is 6.07. The molecule has 6 rings (SSSR count). The number of ether oxygens (including phenoxy) is 1. The summed E-state index contributed by atoms with van der Waals surface area (Å²) in [5.74, 6) is -0.593. The van der Waals surface area contributed by atoms with Crippen LogP contribution in [0.15, 0.2) is 53.2 Å². The normalized spacial score (nSPS) is 15.9. The Hall–Kier alpha value is -3.62. The Labute approximate surface area is 225 Å². The third-order valence-corrected chi connectivity index (χ3v) is 7.95. The van der Waals surface area contributed by atoms with Crippen LogP contribution in [0.2, 0.25) is 0 Å². The SMILES string of the molecule is Cc1noc(C)c1-c1cnc2c3ccc(C(C)(C)O)cc3n(C(c3c(F)cccc3F)C3CCOCC3)c2c1. The van der Waals surface area contributed by atoms with Crippen LogP contribution in [0.5, 0.6) is 0 Å². The zero-order valence-electron chi connectivity index (χ0n) is 22.5. The molecule has 39 heavy (non-hydrogen) atoms. The molecule has 1 unspecified atom stereocenters. The van der Waals surface area contributed by atoms with Gasteiger partial charge in [-0.25, -0.2) is 8.78 Å². The lowest BCUT2D eigenvalue weighted by molar-refractivity contribution is 0.0543. The molecule has 8 heteroatoms. The van der Waals surface area contributed by atoms with Gasteiger partial charge < -0.3 is 18.9 Å². The van der Waals surface area contributed by atoms with Gasteiger partial charge in [0.15, 0.2) is 0 Å². The number of aromatic nitrogens is 3. The molecule has 0 saturated carbocycles. The molecule has 5 aromatic rings. The van der Waals surface area contributed by atoms with Crippen molar-refractivity contribution < 1.29 is 23.1 Å². The average molecular weight is 532 g/mol. The zero-order valence-corrected chi connectivity index (χ0v) is 22.5. The molecule has 1 aliphatic rings. The first-order valence-corrected chi connectivity index (χ1v) is 13.3. The summed E-state index contributed by atoms with van der Waals surface area (Å²) >= 11 is 0. The average Bonchev–Trinajstić information content (AvgIpc) is 3.41. The second-order valence-corrected chi connectivity index (χ2v) is 11.0. The number of hydrogen-bond acceptors (Lipinski definition) is 5. The van der Waals surface area contributed by atoms with E-state index in [9.17, 15) is 5.11 Å². The first-order valence-electron chi connectivity index (χ1n) is 13.3. The van der Waals surface area contributed by atoms with Crippen LogP contribution in [-0.4, -0.2) is 33.0 Å². The number of aryl methyl sites for hydroxylation is 2. The Bertz CT molecular complexity index is 1650. The molecule has 0 spiro atoms. The Balaban J connectivity index is 1.73. The van der Waals surface area contributed by atoms with Crippen LogP contribution >= 0.6 is 0 Å². The van der Waals surface area contributed by atoms with Gasteiger partial charge in [-0.1, -0.05) is 23.4 Å². The Morgan fingerprint density at radius 1 is 1.03 bits per heavy atom. The number of aliphatic hydroxyl groups is 1. The maximum Gasteiger partial charge on any atom is 0.141 e. The van der Waals surface area contributed by atoms with Crippen molar-refractivity contribution in [2.75, 3.05) is 13.2 Å². The summed E-state index contributed by atoms with van der Waals surface area (Å²) in [6, 6.07) is 11.1. The van der Waals surface area contributed by atoms with Crippen LogP contribution < -0.4 is 0 Å². The van der Waals surface area contributed by atoms with Gasteiger partial charge in [-0.2, -0.15) is 0 Å². The van der Waals surface area contributed by atoms with Gasteiger partial charge in [0.05, 0.1) is 33.9 Å². The fourth-order valence-corrected chi connectivity index (χ4v) is 6.02. The summed E-state index contributed by atoms with van der Waals surface area (Å²) in [6.45, 7) is 8.21. The second-order valence-electron chi connectivity index (χ2n) is 11.0. The van der Waals surface area contributed by atoms with Crippen molar-refractivity contribution in [1.29, 1.82) is 0 Å². The van der Waals surface area contributed by atoms with E-state index in [1.165, 1.54) is 18.2 Å². The molecule has 0 bridgehead atoms. The van der Waals surface area contributed by atoms with Crippen LogP contribution in [0.4, 0.5) is 8.78 Å². The fraction of sp³-hybridized carbons (Fsp3) is 0.355. The van der Waals surface area contributed by atoms with Crippen LogP contribution in [0.3, 0.4) is 0 Å². The molecule has 1 saturated heterocycles. The standard InChI is InChI=1S/C31H31F2N3O3/c1-17-27(18(2)39-35-17)20-14-26-29(34-16-20)22-9-8-21(31(3,4)37)15-25(22)36(26)30(19-10-12-38-13-11-19)28-23(32)6-5-7-24(28)33/h5-9,14-16,19,30,37H,10-13H2,1-4H3. The monoisotopic (exact) mass is 531 g/mol. The number of pyridine rings is 1. The third-order valence-electron chi connectivity index (χ3n) is 7.95. The number of hydrogen-bond donors (Lipinski definition) is 1. The molecule has 1 N–H and O–H groups in total. The van der Waals surface area contributed by atoms with Crippen molar-refractivity contribution >= 4 is 21.9 Å². The van der Waals surface area contributed by atoms with E-state index in [0.717, 1.165) is 38.8 Å². The second kappa shape index (κ2) is 9.54. The summed E-state index contributed by atoms with van der Waals surface area (Å²) in [7, 11) is 0. The van der Waals surface area contributed by atoms with E-state index < -0.39 is 23.3 Å². The van der Waals surface area contributed by atoms with Gasteiger partial charge in [0, 0.05) is 41.5 Å². The van der Waals surface area contributed by atoms with Crippen LogP contribution in [-0.2, 0) is 10.3 Å². The molecular weight excluding hydrogens is 500 g/mol. The summed E-state index contributed by atoms with van der Waals surface area (Å²) in [5.41, 5.74) is 4.23. The van der Waals surface area contributed by atoms with Crippen molar-refractivity contribution in [3.05, 3.63) is 82.9 Å². The molecule has 3 aromatic heterocycles. The predicted molar refractivity (Wildman–Crippen MR) is 145 cm³/mol. The van der Waals surface area contributed by atoms with E-state index in [1.54, 1.807) is 20.0 Å². The largest absolute Gasteiger partial charge is 0.386 e. The molecule has 2 aromatic carbocycles. The Kier molecular flexibility index (Phi) is 6.27. The van der Waals surface area contributed by atoms with E-state index in [1.807, 2.05) is 42.7 Å². The number of benzene rings is 2. The molecule has 1 aliphatic heterocycles.